The van der Waals surface area contributed by atoms with Gasteiger partial charge >= 0.3 is 0 Å². The summed E-state index contributed by atoms with van der Waals surface area (Å²) in [6, 6.07) is 7.13. The number of nitroso groups, excluding NO2 is 1. The Bertz CT molecular complexity index is 250. The molecule has 12 heavy (non-hydrogen) atoms. The second-order valence-corrected chi connectivity index (χ2v) is 2.23. The monoisotopic (exact) mass is 169 g/mol. The van der Waals surface area contributed by atoms with E-state index in [1.165, 1.54) is 0 Å². The van der Waals surface area contributed by atoms with Crippen molar-refractivity contribution < 1.29 is 15.8 Å². The maximum atomic E-state index is 10.3. The van der Waals surface area contributed by atoms with E-state index in [-0.39, 0.29) is 12.1 Å². The van der Waals surface area contributed by atoms with Gasteiger partial charge in [-0.15, -0.1) is 0 Å². The lowest BCUT2D eigenvalue weighted by atomic mass is 10.1. The Morgan fingerprint density at radius 1 is 1.33 bits per heavy atom. The van der Waals surface area contributed by atoms with Crippen molar-refractivity contribution in [3.05, 3.63) is 34.7 Å². The number of rotatable bonds is 3. The topological polar surface area (TPSA) is 81.3 Å². The minimum atomic E-state index is 0. The largest absolute Gasteiger partial charge is 0.870 e. The lowest BCUT2D eigenvalue weighted by Crippen LogP contribution is -2.56. The molecule has 1 rings (SSSR count). The molecule has 4 nitrogen and oxygen atoms in total. The summed E-state index contributed by atoms with van der Waals surface area (Å²) < 4.78 is 0. The maximum absolute atomic E-state index is 10.3. The molecule has 3 N–H and O–H groups in total. The molecule has 0 unspecified atom stereocenters. The molecule has 0 fully saturated rings. The van der Waals surface area contributed by atoms with Crippen LogP contribution in [0.5, 0.6) is 0 Å². The summed E-state index contributed by atoms with van der Waals surface area (Å²) in [6.07, 6.45) is 0.519. The van der Waals surface area contributed by atoms with E-state index in [4.69, 9.17) is 5.11 Å². The van der Waals surface area contributed by atoms with Gasteiger partial charge in [0.05, 0.1) is 0 Å². The SMILES string of the molecule is O=[NH+]c1ccccc1CCO.[OH-]. The van der Waals surface area contributed by atoms with Gasteiger partial charge in [-0.3, -0.25) is 0 Å². The number of hydrogen-bond acceptors (Lipinski definition) is 3. The predicted octanol–water partition coefficient (Wildman–Crippen LogP) is -0.477. The molecule has 0 radical (unpaired) electrons. The highest BCUT2D eigenvalue weighted by Gasteiger charge is 2.04. The van der Waals surface area contributed by atoms with Crippen LogP contribution in [-0.4, -0.2) is 17.2 Å². The average Bonchev–Trinajstić information content (AvgIpc) is 2.06. The highest BCUT2D eigenvalue weighted by Crippen LogP contribution is 2.08. The van der Waals surface area contributed by atoms with Gasteiger partial charge in [0.2, 0.25) is 0 Å². The Hall–Kier alpha value is -1.26. The molecule has 0 saturated carbocycles. The van der Waals surface area contributed by atoms with Crippen LogP contribution in [0.3, 0.4) is 0 Å². The van der Waals surface area contributed by atoms with E-state index in [0.717, 1.165) is 5.56 Å². The van der Waals surface area contributed by atoms with Crippen LogP contribution in [0.25, 0.3) is 0 Å². The van der Waals surface area contributed by atoms with Gasteiger partial charge in [0.25, 0.3) is 5.69 Å². The Morgan fingerprint density at radius 3 is 2.58 bits per heavy atom. The molecular formula is C8H11NO3. The molecule has 0 aliphatic heterocycles. The van der Waals surface area contributed by atoms with Gasteiger partial charge in [-0.2, -0.15) is 0 Å². The molecule has 0 bridgehead atoms. The summed E-state index contributed by atoms with van der Waals surface area (Å²) in [5.74, 6) is 0. The molecule has 66 valence electrons. The third-order valence-electron chi connectivity index (χ3n) is 1.51. The Kier molecular flexibility index (Phi) is 4.83. The molecule has 1 aromatic rings. The number of para-hydroxylation sites is 1. The quantitative estimate of drug-likeness (QED) is 0.641. The molecule has 0 saturated heterocycles. The molecule has 0 heterocycles. The first-order chi connectivity index (χ1) is 5.38. The van der Waals surface area contributed by atoms with Crippen LogP contribution in [-0.2, 0) is 6.42 Å². The predicted molar refractivity (Wildman–Crippen MR) is 43.2 cm³/mol. The third-order valence-corrected chi connectivity index (χ3v) is 1.51. The minimum Gasteiger partial charge on any atom is -0.870 e. The first-order valence-electron chi connectivity index (χ1n) is 3.45. The zero-order valence-electron chi connectivity index (χ0n) is 6.53. The highest BCUT2D eigenvalue weighted by atomic mass is 16.3. The van der Waals surface area contributed by atoms with Crippen molar-refractivity contribution in [3.8, 4) is 0 Å². The molecule has 0 atom stereocenters. The Morgan fingerprint density at radius 2 is 2.00 bits per heavy atom. The van der Waals surface area contributed by atoms with E-state index in [1.807, 2.05) is 17.3 Å². The Balaban J connectivity index is 0.00000121. The van der Waals surface area contributed by atoms with E-state index >= 15 is 0 Å². The summed E-state index contributed by atoms with van der Waals surface area (Å²) in [5, 5.41) is 10.4. The van der Waals surface area contributed by atoms with Crippen LogP contribution in [0.4, 0.5) is 5.69 Å². The van der Waals surface area contributed by atoms with Gasteiger partial charge in [-0.1, -0.05) is 18.2 Å². The summed E-state index contributed by atoms with van der Waals surface area (Å²) in [4.78, 5) is 10.3. The zero-order chi connectivity index (χ0) is 8.10. The van der Waals surface area contributed by atoms with Crippen molar-refractivity contribution in [2.24, 2.45) is 0 Å². The second-order valence-electron chi connectivity index (χ2n) is 2.23. The molecule has 0 amide bonds. The lowest BCUT2D eigenvalue weighted by molar-refractivity contribution is -0.380. The number of aliphatic hydroxyl groups is 1. The lowest BCUT2D eigenvalue weighted by Gasteiger charge is -1.94. The van der Waals surface area contributed by atoms with E-state index < -0.39 is 0 Å². The number of hydrogen-bond donors (Lipinski definition) is 2. The van der Waals surface area contributed by atoms with Crippen LogP contribution < -0.4 is 5.18 Å². The zero-order valence-corrected chi connectivity index (χ0v) is 6.53. The van der Waals surface area contributed by atoms with E-state index in [0.29, 0.717) is 12.1 Å². The highest BCUT2D eigenvalue weighted by molar-refractivity contribution is 5.38. The van der Waals surface area contributed by atoms with Crippen LogP contribution in [0, 0.1) is 4.91 Å². The number of nitrogens with one attached hydrogen (secondary N) is 1. The smallest absolute Gasteiger partial charge is 0.256 e. The summed E-state index contributed by atoms with van der Waals surface area (Å²) in [7, 11) is 0. The van der Waals surface area contributed by atoms with Crippen molar-refractivity contribution >= 4 is 5.69 Å². The first-order valence-corrected chi connectivity index (χ1v) is 3.45. The first kappa shape index (κ1) is 10.7. The Labute approximate surface area is 70.1 Å². The van der Waals surface area contributed by atoms with Crippen molar-refractivity contribution in [1.29, 1.82) is 0 Å². The number of aliphatic hydroxyl groups excluding tert-OH is 1. The molecule has 0 aliphatic carbocycles. The maximum Gasteiger partial charge on any atom is 0.256 e. The van der Waals surface area contributed by atoms with Gasteiger partial charge < -0.3 is 10.6 Å². The van der Waals surface area contributed by atoms with Crippen molar-refractivity contribution in [2.75, 3.05) is 6.61 Å². The summed E-state index contributed by atoms with van der Waals surface area (Å²) >= 11 is 0. The van der Waals surface area contributed by atoms with Gasteiger partial charge in [-0.25, -0.2) is 0 Å². The van der Waals surface area contributed by atoms with Gasteiger partial charge in [0.15, 0.2) is 0 Å². The van der Waals surface area contributed by atoms with Crippen molar-refractivity contribution in [1.82, 2.24) is 0 Å². The fourth-order valence-electron chi connectivity index (χ4n) is 0.958. The molecule has 0 aliphatic rings. The summed E-state index contributed by atoms with van der Waals surface area (Å²) in [6.45, 7) is 0.0681. The van der Waals surface area contributed by atoms with Gasteiger partial charge in [-0.05, 0) is 0 Å². The van der Waals surface area contributed by atoms with Crippen LogP contribution in [0.1, 0.15) is 5.56 Å². The fraction of sp³-hybridized carbons (Fsp3) is 0.250. The van der Waals surface area contributed by atoms with Crippen LogP contribution in [0.15, 0.2) is 24.3 Å². The standard InChI is InChI=1S/C8H9NO2.H2O/c10-6-5-7-3-1-2-4-8(7)9-11;/h1-4,10H,5-6H2;1H2. The van der Waals surface area contributed by atoms with Crippen molar-refractivity contribution in [3.63, 3.8) is 0 Å². The molecule has 4 heteroatoms. The van der Waals surface area contributed by atoms with Gasteiger partial charge in [0.1, 0.15) is 0 Å². The third kappa shape index (κ3) is 2.41. The summed E-state index contributed by atoms with van der Waals surface area (Å²) in [5.41, 5.74) is 1.39. The molecular weight excluding hydrogens is 158 g/mol. The molecule has 0 aromatic heterocycles. The minimum absolute atomic E-state index is 0. The number of benzene rings is 1. The fourth-order valence-corrected chi connectivity index (χ4v) is 0.958. The molecule has 1 aromatic carbocycles. The van der Waals surface area contributed by atoms with Crippen LogP contribution >= 0.6 is 0 Å². The van der Waals surface area contributed by atoms with E-state index in [2.05, 4.69) is 0 Å². The molecule has 0 spiro atoms. The average molecular weight is 169 g/mol. The van der Waals surface area contributed by atoms with Gasteiger partial charge in [0, 0.05) is 34.7 Å². The van der Waals surface area contributed by atoms with Crippen molar-refractivity contribution in [2.45, 2.75) is 6.42 Å². The normalized spacial score (nSPS) is 8.75. The van der Waals surface area contributed by atoms with E-state index in [1.54, 1.807) is 12.1 Å². The van der Waals surface area contributed by atoms with E-state index in [9.17, 15) is 4.91 Å². The second kappa shape index (κ2) is 5.40. The van der Waals surface area contributed by atoms with Crippen LogP contribution in [0.2, 0.25) is 0 Å².